The fourth-order valence-electron chi connectivity index (χ4n) is 1.80. The molecule has 0 unspecified atom stereocenters. The summed E-state index contributed by atoms with van der Waals surface area (Å²) < 4.78 is 22.2. The van der Waals surface area contributed by atoms with Crippen LogP contribution in [-0.2, 0) is 22.9 Å². The average Bonchev–Trinajstić information content (AvgIpc) is 3.04. The van der Waals surface area contributed by atoms with Crippen molar-refractivity contribution in [2.24, 2.45) is 0 Å². The Hall–Kier alpha value is -0.430. The Morgan fingerprint density at radius 3 is 2.68 bits per heavy atom. The second-order valence-corrected chi connectivity index (χ2v) is 8.90. The molecule has 1 fully saturated rings. The highest BCUT2D eigenvalue weighted by Gasteiger charge is 2.20. The number of hydrogen-bond acceptors (Lipinski definition) is 5. The summed E-state index contributed by atoms with van der Waals surface area (Å²) in [6.45, 7) is 2.37. The van der Waals surface area contributed by atoms with Crippen LogP contribution in [-0.4, -0.2) is 45.0 Å². The highest BCUT2D eigenvalue weighted by atomic mass is 32.2. The van der Waals surface area contributed by atoms with Crippen LogP contribution in [0.25, 0.3) is 0 Å². The normalized spacial score (nSPS) is 16.2. The minimum Gasteiger partial charge on any atom is -0.309 e. The van der Waals surface area contributed by atoms with Crippen molar-refractivity contribution in [1.29, 1.82) is 0 Å². The number of sulfone groups is 1. The van der Waals surface area contributed by atoms with Crippen LogP contribution in [0.2, 0.25) is 0 Å². The summed E-state index contributed by atoms with van der Waals surface area (Å²) in [6, 6.07) is 5.05. The molecule has 0 saturated heterocycles. The van der Waals surface area contributed by atoms with Crippen molar-refractivity contribution in [3.05, 3.63) is 21.9 Å². The molecule has 1 aliphatic carbocycles. The van der Waals surface area contributed by atoms with E-state index in [2.05, 4.69) is 22.3 Å². The molecular formula is C13H22N2O2S2. The largest absolute Gasteiger partial charge is 0.309 e. The van der Waals surface area contributed by atoms with Crippen molar-refractivity contribution in [1.82, 2.24) is 10.2 Å². The third-order valence-corrected chi connectivity index (χ3v) is 5.12. The lowest BCUT2D eigenvalue weighted by molar-refractivity contribution is 0.349. The molecule has 0 radical (unpaired) electrons. The smallest absolute Gasteiger partial charge is 0.148 e. The Morgan fingerprint density at radius 1 is 1.37 bits per heavy atom. The van der Waals surface area contributed by atoms with E-state index in [1.807, 2.05) is 18.4 Å². The number of nitrogens with zero attached hydrogens (tertiary/aromatic N) is 1. The maximum Gasteiger partial charge on any atom is 0.148 e. The van der Waals surface area contributed by atoms with Gasteiger partial charge in [-0.2, -0.15) is 0 Å². The number of rotatable bonds is 8. The van der Waals surface area contributed by atoms with Gasteiger partial charge in [0.2, 0.25) is 0 Å². The zero-order valence-electron chi connectivity index (χ0n) is 11.6. The first-order valence-corrected chi connectivity index (χ1v) is 9.47. The maximum absolute atomic E-state index is 11.1. The van der Waals surface area contributed by atoms with Gasteiger partial charge in [-0.1, -0.05) is 0 Å². The summed E-state index contributed by atoms with van der Waals surface area (Å²) >= 11 is 1.81. The van der Waals surface area contributed by atoms with Crippen LogP contribution in [0.3, 0.4) is 0 Å². The second-order valence-electron chi connectivity index (χ2n) is 5.39. The van der Waals surface area contributed by atoms with Gasteiger partial charge in [0.25, 0.3) is 0 Å². The average molecular weight is 302 g/mol. The lowest BCUT2D eigenvalue weighted by Gasteiger charge is -2.14. The lowest BCUT2D eigenvalue weighted by Crippen LogP contribution is -2.24. The van der Waals surface area contributed by atoms with Crippen LogP contribution >= 0.6 is 11.3 Å². The molecule has 1 N–H and O–H groups in total. The van der Waals surface area contributed by atoms with E-state index in [1.165, 1.54) is 28.9 Å². The Morgan fingerprint density at radius 2 is 2.05 bits per heavy atom. The molecule has 0 aliphatic heterocycles. The fourth-order valence-corrected chi connectivity index (χ4v) is 3.49. The van der Waals surface area contributed by atoms with Gasteiger partial charge in [0.15, 0.2) is 0 Å². The van der Waals surface area contributed by atoms with Crippen molar-refractivity contribution >= 4 is 21.2 Å². The molecule has 0 aromatic carbocycles. The van der Waals surface area contributed by atoms with E-state index in [1.54, 1.807) is 0 Å². The molecule has 0 amide bonds. The van der Waals surface area contributed by atoms with Gasteiger partial charge in [0.05, 0.1) is 5.75 Å². The van der Waals surface area contributed by atoms with Gasteiger partial charge in [0, 0.05) is 41.7 Å². The van der Waals surface area contributed by atoms with E-state index in [-0.39, 0.29) is 5.75 Å². The Bertz CT molecular complexity index is 506. The highest BCUT2D eigenvalue weighted by molar-refractivity contribution is 7.90. The van der Waals surface area contributed by atoms with Crippen LogP contribution in [0.15, 0.2) is 12.1 Å². The summed E-state index contributed by atoms with van der Waals surface area (Å²) in [6.07, 6.45) is 3.91. The van der Waals surface area contributed by atoms with Gasteiger partial charge in [-0.3, -0.25) is 0 Å². The van der Waals surface area contributed by atoms with Crippen molar-refractivity contribution in [3.8, 4) is 0 Å². The van der Waals surface area contributed by atoms with E-state index in [9.17, 15) is 8.42 Å². The zero-order valence-corrected chi connectivity index (χ0v) is 13.2. The molecule has 0 bridgehead atoms. The molecule has 1 saturated carbocycles. The second kappa shape index (κ2) is 6.35. The predicted octanol–water partition coefficient (Wildman–Crippen LogP) is 1.48. The third kappa shape index (κ3) is 6.03. The summed E-state index contributed by atoms with van der Waals surface area (Å²) in [5.74, 6) is 0.227. The van der Waals surface area contributed by atoms with Gasteiger partial charge < -0.3 is 10.2 Å². The van der Waals surface area contributed by atoms with Crippen LogP contribution in [0.5, 0.6) is 0 Å². The summed E-state index contributed by atoms with van der Waals surface area (Å²) in [5.41, 5.74) is 0. The first-order valence-electron chi connectivity index (χ1n) is 6.59. The van der Waals surface area contributed by atoms with Gasteiger partial charge in [-0.25, -0.2) is 8.42 Å². The maximum atomic E-state index is 11.1. The van der Waals surface area contributed by atoms with Gasteiger partial charge in [0.1, 0.15) is 9.84 Å². The summed E-state index contributed by atoms with van der Waals surface area (Å²) in [4.78, 5) is 4.72. The van der Waals surface area contributed by atoms with Crippen molar-refractivity contribution < 1.29 is 8.42 Å². The molecule has 1 aromatic heterocycles. The van der Waals surface area contributed by atoms with Gasteiger partial charge >= 0.3 is 0 Å². The molecule has 1 aliphatic rings. The van der Waals surface area contributed by atoms with E-state index >= 15 is 0 Å². The van der Waals surface area contributed by atoms with Crippen LogP contribution in [0, 0.1) is 0 Å². The van der Waals surface area contributed by atoms with E-state index in [0.29, 0.717) is 6.54 Å². The Kier molecular flexibility index (Phi) is 5.00. The van der Waals surface area contributed by atoms with Crippen molar-refractivity contribution in [2.45, 2.75) is 32.0 Å². The van der Waals surface area contributed by atoms with Crippen molar-refractivity contribution in [2.75, 3.05) is 25.6 Å². The molecule has 0 atom stereocenters. The monoisotopic (exact) mass is 302 g/mol. The zero-order chi connectivity index (χ0) is 13.9. The third-order valence-electron chi connectivity index (χ3n) is 3.13. The Balaban J connectivity index is 1.74. The van der Waals surface area contributed by atoms with Crippen molar-refractivity contribution in [3.63, 3.8) is 0 Å². The van der Waals surface area contributed by atoms with Crippen LogP contribution in [0.4, 0.5) is 0 Å². The molecule has 1 heterocycles. The Labute approximate surface area is 119 Å². The molecule has 1 aromatic rings. The highest BCUT2D eigenvalue weighted by Crippen LogP contribution is 2.22. The topological polar surface area (TPSA) is 49.4 Å². The SMILES string of the molecule is CN(CCS(C)(=O)=O)Cc1ccc(CNC2CC2)s1. The van der Waals surface area contributed by atoms with Gasteiger partial charge in [-0.05, 0) is 32.0 Å². The molecule has 0 spiro atoms. The molecular weight excluding hydrogens is 280 g/mol. The van der Waals surface area contributed by atoms with E-state index in [0.717, 1.165) is 19.1 Å². The first kappa shape index (κ1) is 15.0. The number of hydrogen-bond donors (Lipinski definition) is 1. The summed E-state index contributed by atoms with van der Waals surface area (Å²) in [7, 11) is -0.900. The molecule has 19 heavy (non-hydrogen) atoms. The standard InChI is InChI=1S/C13H22N2O2S2/c1-15(7-8-19(2,16)17)10-13-6-5-12(18-13)9-14-11-3-4-11/h5-6,11,14H,3-4,7-10H2,1-2H3. The minimum absolute atomic E-state index is 0.227. The fraction of sp³-hybridized carbons (Fsp3) is 0.692. The quantitative estimate of drug-likeness (QED) is 0.790. The summed E-state index contributed by atoms with van der Waals surface area (Å²) in [5, 5.41) is 3.50. The molecule has 6 heteroatoms. The van der Waals surface area contributed by atoms with E-state index in [4.69, 9.17) is 0 Å². The van der Waals surface area contributed by atoms with Crippen LogP contribution < -0.4 is 5.32 Å². The molecule has 4 nitrogen and oxygen atoms in total. The van der Waals surface area contributed by atoms with Crippen LogP contribution in [0.1, 0.15) is 22.6 Å². The number of thiophene rings is 1. The minimum atomic E-state index is -2.87. The number of nitrogens with one attached hydrogen (secondary N) is 1. The predicted molar refractivity (Wildman–Crippen MR) is 80.2 cm³/mol. The molecule has 108 valence electrons. The molecule has 2 rings (SSSR count). The van der Waals surface area contributed by atoms with E-state index < -0.39 is 9.84 Å². The first-order chi connectivity index (χ1) is 8.92. The lowest BCUT2D eigenvalue weighted by atomic mass is 10.4. The van der Waals surface area contributed by atoms with Gasteiger partial charge in [-0.15, -0.1) is 11.3 Å².